The number of guanidine groups is 1. The number of hydrogen-bond acceptors (Lipinski definition) is 4. The van der Waals surface area contributed by atoms with Crippen LogP contribution in [0.1, 0.15) is 45.4 Å². The van der Waals surface area contributed by atoms with Gasteiger partial charge in [0.2, 0.25) is 0 Å². The third-order valence-electron chi connectivity index (χ3n) is 3.96. The number of nitrogens with zero attached hydrogens (tertiary/aromatic N) is 4. The quantitative estimate of drug-likeness (QED) is 0.261. The lowest BCUT2D eigenvalue weighted by Crippen LogP contribution is -2.40. The van der Waals surface area contributed by atoms with E-state index < -0.39 is 0 Å². The zero-order valence-corrected chi connectivity index (χ0v) is 17.2. The summed E-state index contributed by atoms with van der Waals surface area (Å²) in [5.41, 5.74) is 0. The Bertz CT molecular complexity index is 473. The van der Waals surface area contributed by atoms with E-state index in [1.165, 1.54) is 6.42 Å². The average molecular weight is 450 g/mol. The highest BCUT2D eigenvalue weighted by molar-refractivity contribution is 14.0. The van der Waals surface area contributed by atoms with E-state index in [1.54, 1.807) is 6.33 Å². The molecule has 2 heterocycles. The minimum absolute atomic E-state index is 0. The van der Waals surface area contributed by atoms with Crippen LogP contribution in [0.3, 0.4) is 0 Å². The molecule has 0 aromatic carbocycles. The van der Waals surface area contributed by atoms with Crippen LogP contribution in [-0.2, 0) is 17.7 Å². The van der Waals surface area contributed by atoms with Crippen molar-refractivity contribution in [3.63, 3.8) is 0 Å². The lowest BCUT2D eigenvalue weighted by Gasteiger charge is -2.14. The monoisotopic (exact) mass is 450 g/mol. The Hall–Kier alpha value is -0.900. The summed E-state index contributed by atoms with van der Waals surface area (Å²) in [6, 6.07) is 0. The first-order valence-corrected chi connectivity index (χ1v) is 8.84. The van der Waals surface area contributed by atoms with E-state index in [9.17, 15) is 0 Å². The molecule has 2 rings (SSSR count). The molecule has 0 saturated carbocycles. The van der Waals surface area contributed by atoms with Gasteiger partial charge in [-0.05, 0) is 19.3 Å². The van der Waals surface area contributed by atoms with Gasteiger partial charge in [0.25, 0.3) is 0 Å². The Labute approximate surface area is 162 Å². The van der Waals surface area contributed by atoms with Crippen molar-refractivity contribution < 1.29 is 4.74 Å². The number of hydrogen-bond donors (Lipinski definition) is 2. The van der Waals surface area contributed by atoms with Crippen molar-refractivity contribution in [2.24, 2.45) is 4.99 Å². The molecule has 1 unspecified atom stereocenters. The number of nitrogens with one attached hydrogen (secondary N) is 2. The molecule has 0 bridgehead atoms. The second-order valence-electron chi connectivity index (χ2n) is 5.83. The van der Waals surface area contributed by atoms with E-state index in [2.05, 4.69) is 44.2 Å². The SMILES string of the molecule is CCCCNC(=NCC1CCCO1)NCCn1cnnc1CC.I. The van der Waals surface area contributed by atoms with Crippen molar-refractivity contribution in [1.82, 2.24) is 25.4 Å². The fourth-order valence-electron chi connectivity index (χ4n) is 2.57. The highest BCUT2D eigenvalue weighted by Gasteiger charge is 2.14. The first-order chi connectivity index (χ1) is 11.3. The third-order valence-corrected chi connectivity index (χ3v) is 3.96. The van der Waals surface area contributed by atoms with Crippen molar-refractivity contribution >= 4 is 29.9 Å². The Morgan fingerprint density at radius 1 is 1.38 bits per heavy atom. The lowest BCUT2D eigenvalue weighted by molar-refractivity contribution is 0.117. The van der Waals surface area contributed by atoms with Crippen LogP contribution in [0.2, 0.25) is 0 Å². The van der Waals surface area contributed by atoms with Crippen LogP contribution >= 0.6 is 24.0 Å². The number of ether oxygens (including phenoxy) is 1. The van der Waals surface area contributed by atoms with E-state index >= 15 is 0 Å². The molecule has 138 valence electrons. The van der Waals surface area contributed by atoms with Crippen molar-refractivity contribution in [3.05, 3.63) is 12.2 Å². The van der Waals surface area contributed by atoms with Crippen LogP contribution in [0.25, 0.3) is 0 Å². The molecule has 8 heteroatoms. The van der Waals surface area contributed by atoms with Crippen LogP contribution in [-0.4, -0.2) is 53.1 Å². The number of halogens is 1. The smallest absolute Gasteiger partial charge is 0.191 e. The van der Waals surface area contributed by atoms with Crippen LogP contribution in [0.15, 0.2) is 11.3 Å². The highest BCUT2D eigenvalue weighted by atomic mass is 127. The molecule has 1 atom stereocenters. The lowest BCUT2D eigenvalue weighted by atomic mass is 10.2. The molecule has 1 saturated heterocycles. The summed E-state index contributed by atoms with van der Waals surface area (Å²) in [7, 11) is 0. The Kier molecular flexibility index (Phi) is 11.0. The van der Waals surface area contributed by atoms with Gasteiger partial charge in [-0.15, -0.1) is 34.2 Å². The van der Waals surface area contributed by atoms with Gasteiger partial charge >= 0.3 is 0 Å². The predicted molar refractivity (Wildman–Crippen MR) is 107 cm³/mol. The molecule has 1 fully saturated rings. The molecule has 1 aliphatic rings. The van der Waals surface area contributed by atoms with E-state index in [-0.39, 0.29) is 30.1 Å². The Morgan fingerprint density at radius 3 is 2.92 bits per heavy atom. The van der Waals surface area contributed by atoms with E-state index in [0.717, 1.165) is 70.3 Å². The van der Waals surface area contributed by atoms with E-state index in [0.29, 0.717) is 0 Å². The highest BCUT2D eigenvalue weighted by Crippen LogP contribution is 2.11. The molecular formula is C16H31IN6O. The van der Waals surface area contributed by atoms with Crippen LogP contribution < -0.4 is 10.6 Å². The topological polar surface area (TPSA) is 76.4 Å². The largest absolute Gasteiger partial charge is 0.376 e. The Balaban J connectivity index is 0.00000288. The second kappa shape index (κ2) is 12.5. The maximum atomic E-state index is 5.64. The minimum atomic E-state index is 0. The first-order valence-electron chi connectivity index (χ1n) is 8.84. The number of aliphatic imine (C=N–C) groups is 1. The van der Waals surface area contributed by atoms with Crippen LogP contribution in [0.4, 0.5) is 0 Å². The normalized spacial score (nSPS) is 17.6. The summed E-state index contributed by atoms with van der Waals surface area (Å²) in [4.78, 5) is 4.67. The second-order valence-corrected chi connectivity index (χ2v) is 5.83. The summed E-state index contributed by atoms with van der Waals surface area (Å²) < 4.78 is 7.72. The number of aromatic nitrogens is 3. The molecule has 0 spiro atoms. The van der Waals surface area contributed by atoms with Crippen LogP contribution in [0.5, 0.6) is 0 Å². The molecule has 24 heavy (non-hydrogen) atoms. The molecule has 2 N–H and O–H groups in total. The van der Waals surface area contributed by atoms with Crippen molar-refractivity contribution in [1.29, 1.82) is 0 Å². The minimum Gasteiger partial charge on any atom is -0.376 e. The van der Waals surface area contributed by atoms with Gasteiger partial charge in [0.15, 0.2) is 5.96 Å². The van der Waals surface area contributed by atoms with Gasteiger partial charge in [-0.1, -0.05) is 20.3 Å². The molecule has 1 aromatic rings. The third kappa shape index (κ3) is 7.33. The summed E-state index contributed by atoms with van der Waals surface area (Å²) in [6.45, 7) is 8.47. The first kappa shape index (κ1) is 21.1. The van der Waals surface area contributed by atoms with Crippen molar-refractivity contribution in [2.45, 2.75) is 58.6 Å². The fourth-order valence-corrected chi connectivity index (χ4v) is 2.57. The zero-order valence-electron chi connectivity index (χ0n) is 14.8. The van der Waals surface area contributed by atoms with Crippen molar-refractivity contribution in [3.8, 4) is 0 Å². The van der Waals surface area contributed by atoms with Gasteiger partial charge in [-0.2, -0.15) is 0 Å². The van der Waals surface area contributed by atoms with Gasteiger partial charge in [0, 0.05) is 32.7 Å². The summed E-state index contributed by atoms with van der Waals surface area (Å²) in [5, 5.41) is 14.9. The van der Waals surface area contributed by atoms with Gasteiger partial charge < -0.3 is 19.9 Å². The summed E-state index contributed by atoms with van der Waals surface area (Å²) in [5.74, 6) is 1.89. The number of unbranched alkanes of at least 4 members (excludes halogenated alkanes) is 1. The zero-order chi connectivity index (χ0) is 16.3. The standard InChI is InChI=1S/C16H30N6O.HI/c1-3-5-8-17-16(19-12-14-7-6-11-23-14)18-9-10-22-13-20-21-15(22)4-2;/h13-14H,3-12H2,1-2H3,(H2,17,18,19);1H. The van der Waals surface area contributed by atoms with Gasteiger partial charge in [0.1, 0.15) is 12.2 Å². The molecule has 7 nitrogen and oxygen atoms in total. The molecule has 0 amide bonds. The number of rotatable bonds is 9. The Morgan fingerprint density at radius 2 is 2.21 bits per heavy atom. The maximum absolute atomic E-state index is 5.64. The van der Waals surface area contributed by atoms with E-state index in [4.69, 9.17) is 4.74 Å². The average Bonchev–Trinajstić information content (AvgIpc) is 3.23. The molecular weight excluding hydrogens is 419 g/mol. The predicted octanol–water partition coefficient (Wildman–Crippen LogP) is 1.97. The molecule has 0 radical (unpaired) electrons. The van der Waals surface area contributed by atoms with Gasteiger partial charge in [0.05, 0.1) is 12.6 Å². The van der Waals surface area contributed by atoms with Gasteiger partial charge in [-0.3, -0.25) is 4.99 Å². The van der Waals surface area contributed by atoms with E-state index in [1.807, 2.05) is 0 Å². The molecule has 0 aliphatic carbocycles. The number of aryl methyl sites for hydroxylation is 1. The van der Waals surface area contributed by atoms with Gasteiger partial charge in [-0.25, -0.2) is 0 Å². The molecule has 1 aliphatic heterocycles. The molecule has 1 aromatic heterocycles. The fraction of sp³-hybridized carbons (Fsp3) is 0.812. The summed E-state index contributed by atoms with van der Waals surface area (Å²) in [6.07, 6.45) is 7.55. The van der Waals surface area contributed by atoms with Crippen molar-refractivity contribution in [2.75, 3.05) is 26.2 Å². The summed E-state index contributed by atoms with van der Waals surface area (Å²) >= 11 is 0. The maximum Gasteiger partial charge on any atom is 0.191 e. The van der Waals surface area contributed by atoms with Crippen LogP contribution in [0, 0.1) is 0 Å².